The third kappa shape index (κ3) is 1.65. The van der Waals surface area contributed by atoms with Crippen molar-refractivity contribution in [1.82, 2.24) is 0 Å². The van der Waals surface area contributed by atoms with Crippen molar-refractivity contribution in [3.8, 4) is 11.8 Å². The number of hydrogen-bond acceptors (Lipinski definition) is 2. The zero-order chi connectivity index (χ0) is 9.90. The van der Waals surface area contributed by atoms with Crippen molar-refractivity contribution in [3.05, 3.63) is 29.8 Å². The maximum atomic E-state index is 9.56. The van der Waals surface area contributed by atoms with Crippen LogP contribution in [0.5, 0.6) is 5.75 Å². The van der Waals surface area contributed by atoms with Crippen LogP contribution in [0.4, 0.5) is 0 Å². The summed E-state index contributed by atoms with van der Waals surface area (Å²) in [7, 11) is 0. The summed E-state index contributed by atoms with van der Waals surface area (Å²) in [4.78, 5) is 0. The molecule has 0 spiro atoms. The predicted octanol–water partition coefficient (Wildman–Crippen LogP) is 2.58. The Morgan fingerprint density at radius 3 is 2.54 bits per heavy atom. The molecule has 0 aliphatic rings. The molecule has 2 nitrogen and oxygen atoms in total. The van der Waals surface area contributed by atoms with Crippen molar-refractivity contribution < 1.29 is 5.11 Å². The molecule has 0 aromatic heterocycles. The quantitative estimate of drug-likeness (QED) is 0.750. The van der Waals surface area contributed by atoms with Crippen LogP contribution in [-0.2, 0) is 5.41 Å². The van der Waals surface area contributed by atoms with Gasteiger partial charge in [-0.15, -0.1) is 0 Å². The van der Waals surface area contributed by atoms with Crippen molar-refractivity contribution >= 4 is 0 Å². The second-order valence-electron chi connectivity index (χ2n) is 3.31. The van der Waals surface area contributed by atoms with Gasteiger partial charge in [-0.25, -0.2) is 0 Å². The molecule has 1 atom stereocenters. The second kappa shape index (κ2) is 3.49. The van der Waals surface area contributed by atoms with Gasteiger partial charge in [0.05, 0.1) is 11.5 Å². The van der Waals surface area contributed by atoms with Crippen LogP contribution < -0.4 is 0 Å². The summed E-state index contributed by atoms with van der Waals surface area (Å²) in [6, 6.07) is 9.22. The zero-order valence-electron chi connectivity index (χ0n) is 7.91. The average Bonchev–Trinajstić information content (AvgIpc) is 2.17. The Morgan fingerprint density at radius 2 is 2.08 bits per heavy atom. The minimum absolute atomic E-state index is 0.202. The van der Waals surface area contributed by atoms with E-state index in [1.54, 1.807) is 18.2 Å². The molecule has 0 radical (unpaired) electrons. The lowest BCUT2D eigenvalue weighted by Gasteiger charge is -2.20. The first-order chi connectivity index (χ1) is 6.14. The van der Waals surface area contributed by atoms with Crippen molar-refractivity contribution in [2.75, 3.05) is 0 Å². The van der Waals surface area contributed by atoms with Gasteiger partial charge in [-0.1, -0.05) is 25.1 Å². The smallest absolute Gasteiger partial charge is 0.120 e. The van der Waals surface area contributed by atoms with E-state index in [0.717, 1.165) is 0 Å². The van der Waals surface area contributed by atoms with Crippen LogP contribution in [-0.4, -0.2) is 5.11 Å². The standard InChI is InChI=1S/C11H13NO/c1-3-11(2,8-12)9-6-4-5-7-10(9)13/h4-7,13H,3H2,1-2H3. The molecule has 0 aliphatic carbocycles. The molecule has 0 bridgehead atoms. The van der Waals surface area contributed by atoms with Gasteiger partial charge in [0.1, 0.15) is 5.75 Å². The third-order valence-electron chi connectivity index (χ3n) is 2.45. The summed E-state index contributed by atoms with van der Waals surface area (Å²) in [5.74, 6) is 0.202. The Balaban J connectivity index is 3.22. The molecular formula is C11H13NO. The Bertz CT molecular complexity index is 340. The van der Waals surface area contributed by atoms with Gasteiger partial charge in [-0.05, 0) is 19.4 Å². The van der Waals surface area contributed by atoms with Crippen molar-refractivity contribution in [2.24, 2.45) is 0 Å². The van der Waals surface area contributed by atoms with E-state index in [0.29, 0.717) is 12.0 Å². The van der Waals surface area contributed by atoms with Crippen LogP contribution >= 0.6 is 0 Å². The first kappa shape index (κ1) is 9.60. The molecule has 1 aromatic rings. The third-order valence-corrected chi connectivity index (χ3v) is 2.45. The fourth-order valence-electron chi connectivity index (χ4n) is 1.27. The molecular weight excluding hydrogens is 162 g/mol. The van der Waals surface area contributed by atoms with Crippen molar-refractivity contribution in [3.63, 3.8) is 0 Å². The lowest BCUT2D eigenvalue weighted by Crippen LogP contribution is -2.17. The fourth-order valence-corrected chi connectivity index (χ4v) is 1.27. The first-order valence-corrected chi connectivity index (χ1v) is 4.34. The second-order valence-corrected chi connectivity index (χ2v) is 3.31. The molecule has 0 saturated heterocycles. The van der Waals surface area contributed by atoms with Crippen LogP contribution in [0, 0.1) is 11.3 Å². The molecule has 1 rings (SSSR count). The summed E-state index contributed by atoms with van der Waals surface area (Å²) < 4.78 is 0. The number of nitriles is 1. The highest BCUT2D eigenvalue weighted by atomic mass is 16.3. The van der Waals surface area contributed by atoms with E-state index >= 15 is 0 Å². The van der Waals surface area contributed by atoms with E-state index < -0.39 is 5.41 Å². The maximum Gasteiger partial charge on any atom is 0.120 e. The molecule has 0 heterocycles. The number of phenols is 1. The highest BCUT2D eigenvalue weighted by Crippen LogP contribution is 2.32. The fraction of sp³-hybridized carbons (Fsp3) is 0.364. The molecule has 1 aromatic carbocycles. The predicted molar refractivity (Wildman–Crippen MR) is 51.4 cm³/mol. The van der Waals surface area contributed by atoms with Crippen LogP contribution in [0.1, 0.15) is 25.8 Å². The number of hydrogen-bond donors (Lipinski definition) is 1. The van der Waals surface area contributed by atoms with E-state index in [4.69, 9.17) is 5.26 Å². The van der Waals surface area contributed by atoms with Gasteiger partial charge in [0.15, 0.2) is 0 Å². The van der Waals surface area contributed by atoms with Crippen LogP contribution in [0.2, 0.25) is 0 Å². The first-order valence-electron chi connectivity index (χ1n) is 4.34. The number of para-hydroxylation sites is 1. The van der Waals surface area contributed by atoms with Gasteiger partial charge in [0.25, 0.3) is 0 Å². The number of benzene rings is 1. The largest absolute Gasteiger partial charge is 0.508 e. The van der Waals surface area contributed by atoms with E-state index in [1.165, 1.54) is 0 Å². The monoisotopic (exact) mass is 175 g/mol. The maximum absolute atomic E-state index is 9.56. The van der Waals surface area contributed by atoms with E-state index in [1.807, 2.05) is 19.9 Å². The number of phenolic OH excluding ortho intramolecular Hbond substituents is 1. The lowest BCUT2D eigenvalue weighted by atomic mass is 9.81. The van der Waals surface area contributed by atoms with Crippen LogP contribution in [0.15, 0.2) is 24.3 Å². The minimum Gasteiger partial charge on any atom is -0.508 e. The summed E-state index contributed by atoms with van der Waals surface area (Å²) in [6.07, 6.45) is 0.696. The number of rotatable bonds is 2. The molecule has 0 amide bonds. The molecule has 1 unspecified atom stereocenters. The van der Waals surface area contributed by atoms with Gasteiger partial charge in [0.2, 0.25) is 0 Å². The van der Waals surface area contributed by atoms with Crippen molar-refractivity contribution in [2.45, 2.75) is 25.7 Å². The Morgan fingerprint density at radius 1 is 1.46 bits per heavy atom. The summed E-state index contributed by atoms with van der Waals surface area (Å²) in [5, 5.41) is 18.6. The summed E-state index contributed by atoms with van der Waals surface area (Å²) >= 11 is 0. The molecule has 2 heteroatoms. The van der Waals surface area contributed by atoms with Gasteiger partial charge < -0.3 is 5.11 Å². The van der Waals surface area contributed by atoms with Crippen molar-refractivity contribution in [1.29, 1.82) is 5.26 Å². The SMILES string of the molecule is CCC(C)(C#N)c1ccccc1O. The molecule has 13 heavy (non-hydrogen) atoms. The van der Waals surface area contributed by atoms with E-state index in [2.05, 4.69) is 6.07 Å². The van der Waals surface area contributed by atoms with Gasteiger partial charge in [0, 0.05) is 5.56 Å². The lowest BCUT2D eigenvalue weighted by molar-refractivity contribution is 0.448. The number of nitrogens with zero attached hydrogens (tertiary/aromatic N) is 1. The normalized spacial score (nSPS) is 14.5. The highest BCUT2D eigenvalue weighted by molar-refractivity contribution is 5.41. The summed E-state index contributed by atoms with van der Waals surface area (Å²) in [6.45, 7) is 3.78. The van der Waals surface area contributed by atoms with E-state index in [-0.39, 0.29) is 5.75 Å². The minimum atomic E-state index is -0.578. The molecule has 0 saturated carbocycles. The Hall–Kier alpha value is -1.49. The Kier molecular flexibility index (Phi) is 2.57. The molecule has 68 valence electrons. The topological polar surface area (TPSA) is 44.0 Å². The highest BCUT2D eigenvalue weighted by Gasteiger charge is 2.26. The van der Waals surface area contributed by atoms with Crippen LogP contribution in [0.3, 0.4) is 0 Å². The molecule has 0 aliphatic heterocycles. The van der Waals surface area contributed by atoms with Gasteiger partial charge >= 0.3 is 0 Å². The van der Waals surface area contributed by atoms with Gasteiger partial charge in [-0.3, -0.25) is 0 Å². The van der Waals surface area contributed by atoms with Crippen LogP contribution in [0.25, 0.3) is 0 Å². The summed E-state index contributed by atoms with van der Waals surface area (Å²) in [5.41, 5.74) is 0.130. The Labute approximate surface area is 78.4 Å². The molecule has 1 N–H and O–H groups in total. The molecule has 0 fully saturated rings. The number of aromatic hydroxyl groups is 1. The zero-order valence-corrected chi connectivity index (χ0v) is 7.91. The van der Waals surface area contributed by atoms with E-state index in [9.17, 15) is 5.11 Å². The van der Waals surface area contributed by atoms with Gasteiger partial charge in [-0.2, -0.15) is 5.26 Å². The average molecular weight is 175 g/mol.